The highest BCUT2D eigenvalue weighted by atomic mass is 32.2. The minimum atomic E-state index is -3.08. The van der Waals surface area contributed by atoms with Crippen LogP contribution >= 0.6 is 0 Å². The first kappa shape index (κ1) is 17.0. The van der Waals surface area contributed by atoms with Gasteiger partial charge in [-0.2, -0.15) is 0 Å². The van der Waals surface area contributed by atoms with Crippen LogP contribution in [0.5, 0.6) is 5.75 Å². The third-order valence-corrected chi connectivity index (χ3v) is 5.86. The Labute approximate surface area is 122 Å². The van der Waals surface area contributed by atoms with Crippen molar-refractivity contribution in [2.24, 2.45) is 0 Å². The van der Waals surface area contributed by atoms with E-state index in [-0.39, 0.29) is 6.04 Å². The van der Waals surface area contributed by atoms with Crippen LogP contribution in [-0.2, 0) is 9.84 Å². The van der Waals surface area contributed by atoms with Gasteiger partial charge in [-0.15, -0.1) is 0 Å². The summed E-state index contributed by atoms with van der Waals surface area (Å²) in [6, 6.07) is 7.99. The highest BCUT2D eigenvalue weighted by molar-refractivity contribution is 7.92. The Hall–Kier alpha value is -1.07. The normalized spacial score (nSPS) is 14.1. The largest absolute Gasteiger partial charge is 0.497 e. The van der Waals surface area contributed by atoms with Crippen molar-refractivity contribution < 1.29 is 13.2 Å². The van der Waals surface area contributed by atoms with E-state index in [9.17, 15) is 8.42 Å². The van der Waals surface area contributed by atoms with Crippen LogP contribution in [-0.4, -0.2) is 33.1 Å². The van der Waals surface area contributed by atoms with E-state index in [2.05, 4.69) is 12.2 Å². The molecule has 20 heavy (non-hydrogen) atoms. The van der Waals surface area contributed by atoms with Crippen molar-refractivity contribution in [3.63, 3.8) is 0 Å². The fraction of sp³-hybridized carbons (Fsp3) is 0.600. The summed E-state index contributed by atoms with van der Waals surface area (Å²) in [4.78, 5) is 0. The fourth-order valence-electron chi connectivity index (χ4n) is 1.83. The average Bonchev–Trinajstić information content (AvgIpc) is 2.38. The molecule has 0 heterocycles. The van der Waals surface area contributed by atoms with Crippen LogP contribution in [0.15, 0.2) is 24.3 Å². The summed E-state index contributed by atoms with van der Waals surface area (Å²) in [5.74, 6) is 0.820. The first-order chi connectivity index (χ1) is 9.21. The molecule has 0 aliphatic rings. The SMILES string of the molecule is CCC(NCC(C)(C)S(C)(=O)=O)c1ccc(OC)cc1. The van der Waals surface area contributed by atoms with Gasteiger partial charge in [-0.05, 0) is 38.0 Å². The highest BCUT2D eigenvalue weighted by Crippen LogP contribution is 2.22. The first-order valence-electron chi connectivity index (χ1n) is 6.78. The Kier molecular flexibility index (Phi) is 5.59. The van der Waals surface area contributed by atoms with Gasteiger partial charge in [0.25, 0.3) is 0 Å². The predicted molar refractivity (Wildman–Crippen MR) is 83.0 cm³/mol. The van der Waals surface area contributed by atoms with E-state index in [4.69, 9.17) is 4.74 Å². The summed E-state index contributed by atoms with van der Waals surface area (Å²) < 4.78 is 27.8. The molecule has 0 fully saturated rings. The maximum Gasteiger partial charge on any atom is 0.153 e. The average molecular weight is 299 g/mol. The zero-order chi connectivity index (χ0) is 15.4. The summed E-state index contributed by atoms with van der Waals surface area (Å²) in [5, 5.41) is 3.35. The van der Waals surface area contributed by atoms with Gasteiger partial charge >= 0.3 is 0 Å². The van der Waals surface area contributed by atoms with Crippen molar-refractivity contribution in [1.29, 1.82) is 0 Å². The fourth-order valence-corrected chi connectivity index (χ4v) is 2.18. The number of rotatable bonds is 7. The third-order valence-electron chi connectivity index (χ3n) is 3.70. The van der Waals surface area contributed by atoms with Crippen LogP contribution in [0.3, 0.4) is 0 Å². The van der Waals surface area contributed by atoms with Crippen molar-refractivity contribution in [3.05, 3.63) is 29.8 Å². The molecule has 5 heteroatoms. The van der Waals surface area contributed by atoms with Crippen molar-refractivity contribution >= 4 is 9.84 Å². The van der Waals surface area contributed by atoms with Crippen LogP contribution in [0.25, 0.3) is 0 Å². The number of benzene rings is 1. The van der Waals surface area contributed by atoms with Crippen molar-refractivity contribution in [2.45, 2.75) is 38.0 Å². The van der Waals surface area contributed by atoms with Crippen molar-refractivity contribution in [1.82, 2.24) is 5.32 Å². The van der Waals surface area contributed by atoms with Gasteiger partial charge in [0.2, 0.25) is 0 Å². The topological polar surface area (TPSA) is 55.4 Å². The molecule has 0 bridgehead atoms. The number of nitrogens with one attached hydrogen (secondary N) is 1. The summed E-state index contributed by atoms with van der Waals surface area (Å²) >= 11 is 0. The lowest BCUT2D eigenvalue weighted by atomic mass is 10.0. The van der Waals surface area contributed by atoms with Gasteiger partial charge in [0.1, 0.15) is 5.75 Å². The van der Waals surface area contributed by atoms with Crippen LogP contribution in [0.4, 0.5) is 0 Å². The minimum absolute atomic E-state index is 0.141. The molecule has 1 unspecified atom stereocenters. The molecule has 4 nitrogen and oxygen atoms in total. The number of sulfone groups is 1. The molecule has 0 amide bonds. The van der Waals surface area contributed by atoms with E-state index in [1.807, 2.05) is 24.3 Å². The second-order valence-corrected chi connectivity index (χ2v) is 8.30. The zero-order valence-corrected chi connectivity index (χ0v) is 13.8. The van der Waals surface area contributed by atoms with Gasteiger partial charge in [0.15, 0.2) is 9.84 Å². The zero-order valence-electron chi connectivity index (χ0n) is 12.9. The number of hydrogen-bond acceptors (Lipinski definition) is 4. The van der Waals surface area contributed by atoms with Crippen LogP contribution in [0, 0.1) is 0 Å². The van der Waals surface area contributed by atoms with Gasteiger partial charge < -0.3 is 10.1 Å². The van der Waals surface area contributed by atoms with E-state index < -0.39 is 14.6 Å². The van der Waals surface area contributed by atoms with Crippen molar-refractivity contribution in [3.8, 4) is 5.75 Å². The Balaban J connectivity index is 2.77. The number of hydrogen-bond donors (Lipinski definition) is 1. The van der Waals surface area contributed by atoms with Gasteiger partial charge in [-0.1, -0.05) is 19.1 Å². The summed E-state index contributed by atoms with van der Waals surface area (Å²) in [7, 11) is -1.44. The second kappa shape index (κ2) is 6.59. The molecule has 0 spiro atoms. The lowest BCUT2D eigenvalue weighted by molar-refractivity contribution is 0.414. The molecular weight excluding hydrogens is 274 g/mol. The molecule has 114 valence electrons. The van der Waals surface area contributed by atoms with Crippen molar-refractivity contribution in [2.75, 3.05) is 19.9 Å². The molecule has 0 radical (unpaired) electrons. The molecule has 1 aromatic carbocycles. The van der Waals surface area contributed by atoms with Crippen LogP contribution in [0.1, 0.15) is 38.8 Å². The number of ether oxygens (including phenoxy) is 1. The molecule has 1 aromatic rings. The molecule has 0 aliphatic carbocycles. The second-order valence-electron chi connectivity index (χ2n) is 5.65. The number of methoxy groups -OCH3 is 1. The summed E-state index contributed by atoms with van der Waals surface area (Å²) in [6.07, 6.45) is 2.18. The summed E-state index contributed by atoms with van der Waals surface area (Å²) in [5.41, 5.74) is 1.14. The maximum absolute atomic E-state index is 11.7. The Bertz CT molecular complexity index is 521. The predicted octanol–water partition coefficient (Wildman–Crippen LogP) is 2.56. The molecular formula is C15H25NO3S. The minimum Gasteiger partial charge on any atom is -0.497 e. The van der Waals surface area contributed by atoms with E-state index in [1.165, 1.54) is 6.26 Å². The maximum atomic E-state index is 11.7. The summed E-state index contributed by atoms with van der Waals surface area (Å²) in [6.45, 7) is 6.00. The Morgan fingerprint density at radius 2 is 1.80 bits per heavy atom. The third kappa shape index (κ3) is 4.21. The van der Waals surface area contributed by atoms with E-state index in [0.717, 1.165) is 17.7 Å². The molecule has 1 rings (SSSR count). The van der Waals surface area contributed by atoms with E-state index in [0.29, 0.717) is 6.54 Å². The smallest absolute Gasteiger partial charge is 0.153 e. The lowest BCUT2D eigenvalue weighted by Gasteiger charge is -2.26. The quantitative estimate of drug-likeness (QED) is 0.840. The monoisotopic (exact) mass is 299 g/mol. The first-order valence-corrected chi connectivity index (χ1v) is 8.67. The van der Waals surface area contributed by atoms with Gasteiger partial charge in [-0.3, -0.25) is 0 Å². The molecule has 1 N–H and O–H groups in total. The van der Waals surface area contributed by atoms with Crippen LogP contribution in [0.2, 0.25) is 0 Å². The molecule has 0 saturated carbocycles. The molecule has 0 aromatic heterocycles. The Morgan fingerprint density at radius 1 is 1.25 bits per heavy atom. The molecule has 1 atom stereocenters. The van der Waals surface area contributed by atoms with Gasteiger partial charge in [0.05, 0.1) is 11.9 Å². The van der Waals surface area contributed by atoms with Gasteiger partial charge in [-0.25, -0.2) is 8.42 Å². The Morgan fingerprint density at radius 3 is 2.20 bits per heavy atom. The molecule has 0 aliphatic heterocycles. The van der Waals surface area contributed by atoms with Gasteiger partial charge in [0, 0.05) is 18.8 Å². The molecule has 0 saturated heterocycles. The van der Waals surface area contributed by atoms with Crippen LogP contribution < -0.4 is 10.1 Å². The lowest BCUT2D eigenvalue weighted by Crippen LogP contribution is -2.42. The standard InChI is InChI=1S/C15H25NO3S/c1-6-14(12-7-9-13(19-4)10-8-12)16-11-15(2,3)20(5,17)18/h7-10,14,16H,6,11H2,1-5H3. The highest BCUT2D eigenvalue weighted by Gasteiger charge is 2.30. The van der Waals surface area contributed by atoms with E-state index >= 15 is 0 Å². The van der Waals surface area contributed by atoms with E-state index in [1.54, 1.807) is 21.0 Å².